The van der Waals surface area contributed by atoms with Crippen molar-refractivity contribution in [3.8, 4) is 5.88 Å². The summed E-state index contributed by atoms with van der Waals surface area (Å²) in [5.41, 5.74) is 1.64. The van der Waals surface area contributed by atoms with Gasteiger partial charge in [-0.05, 0) is 19.9 Å². The predicted octanol–water partition coefficient (Wildman–Crippen LogP) is 3.87. The third-order valence-corrected chi connectivity index (χ3v) is 4.06. The number of carbonyl (C=O) groups is 1. The van der Waals surface area contributed by atoms with Gasteiger partial charge in [-0.1, -0.05) is 18.2 Å². The van der Waals surface area contributed by atoms with Gasteiger partial charge in [0.1, 0.15) is 4.88 Å². The van der Waals surface area contributed by atoms with Crippen LogP contribution < -0.4 is 0 Å². The van der Waals surface area contributed by atoms with Crippen LogP contribution in [0.25, 0.3) is 10.9 Å². The number of aryl methyl sites for hydroxylation is 2. The molecule has 0 aliphatic rings. The lowest BCUT2D eigenvalue weighted by Gasteiger charge is -1.92. The summed E-state index contributed by atoms with van der Waals surface area (Å²) in [6, 6.07) is 7.28. The summed E-state index contributed by atoms with van der Waals surface area (Å²) in [5, 5.41) is 19.0. The number of aromatic nitrogens is 2. The number of rotatable bonds is 2. The van der Waals surface area contributed by atoms with Crippen LogP contribution in [-0.2, 0) is 0 Å². The van der Waals surface area contributed by atoms with Crippen LogP contribution in [0.5, 0.6) is 5.88 Å². The molecule has 3 aromatic rings. The summed E-state index contributed by atoms with van der Waals surface area (Å²) in [4.78, 5) is 19.5. The van der Waals surface area contributed by atoms with Crippen molar-refractivity contribution in [2.45, 2.75) is 13.8 Å². The number of amides is 1. The molecule has 1 amide bonds. The number of thiazole rings is 1. The molecule has 0 aliphatic carbocycles. The minimum atomic E-state index is -0.456. The number of H-pyrrole nitrogens is 1. The molecular weight excluding hydrogens is 288 g/mol. The minimum Gasteiger partial charge on any atom is -0.493 e. The largest absolute Gasteiger partial charge is 0.493 e. The zero-order valence-corrected chi connectivity index (χ0v) is 12.2. The van der Waals surface area contributed by atoms with Crippen LogP contribution in [0.1, 0.15) is 20.4 Å². The van der Waals surface area contributed by atoms with E-state index >= 15 is 0 Å². The Morgan fingerprint density at radius 1 is 1.33 bits per heavy atom. The number of para-hydroxylation sites is 1. The van der Waals surface area contributed by atoms with Crippen molar-refractivity contribution in [2.75, 3.05) is 0 Å². The topological polar surface area (TPSA) is 90.7 Å². The van der Waals surface area contributed by atoms with E-state index in [0.29, 0.717) is 16.0 Å². The standard InChI is InChI=1S/C14H12N4O2S/c1-7-12(21-8(2)15-7)14(20)18-17-11-9-5-3-4-6-10(9)16-13(11)19/h3-6,16,19H,1-2H3. The second kappa shape index (κ2) is 5.10. The van der Waals surface area contributed by atoms with Gasteiger partial charge in [-0.2, -0.15) is 0 Å². The minimum absolute atomic E-state index is 0.107. The van der Waals surface area contributed by atoms with E-state index in [2.05, 4.69) is 20.2 Å². The Morgan fingerprint density at radius 3 is 2.81 bits per heavy atom. The van der Waals surface area contributed by atoms with Crippen LogP contribution in [0.4, 0.5) is 5.69 Å². The van der Waals surface area contributed by atoms with Crippen LogP contribution in [-0.4, -0.2) is 21.0 Å². The van der Waals surface area contributed by atoms with E-state index in [9.17, 15) is 9.90 Å². The molecule has 0 aliphatic heterocycles. The van der Waals surface area contributed by atoms with Gasteiger partial charge in [0.25, 0.3) is 0 Å². The third kappa shape index (κ3) is 2.43. The normalized spacial score (nSPS) is 11.5. The Balaban J connectivity index is 1.96. The lowest BCUT2D eigenvalue weighted by atomic mass is 10.2. The number of benzene rings is 1. The number of fused-ring (bicyclic) bond motifs is 1. The SMILES string of the molecule is Cc1nc(C)c(C(=O)N=Nc2c(O)[nH]c3ccccc23)s1. The summed E-state index contributed by atoms with van der Waals surface area (Å²) < 4.78 is 0. The van der Waals surface area contributed by atoms with E-state index in [0.717, 1.165) is 10.5 Å². The Bertz CT molecular complexity index is 863. The van der Waals surface area contributed by atoms with Crippen molar-refractivity contribution in [3.05, 3.63) is 39.8 Å². The maximum absolute atomic E-state index is 12.0. The number of aromatic hydroxyl groups is 1. The highest BCUT2D eigenvalue weighted by molar-refractivity contribution is 7.13. The zero-order valence-electron chi connectivity index (χ0n) is 11.4. The van der Waals surface area contributed by atoms with E-state index in [1.54, 1.807) is 13.0 Å². The maximum Gasteiger partial charge on any atom is 0.307 e. The molecule has 0 unspecified atom stereocenters. The van der Waals surface area contributed by atoms with Gasteiger partial charge in [0.15, 0.2) is 5.69 Å². The van der Waals surface area contributed by atoms with Crippen molar-refractivity contribution in [1.29, 1.82) is 0 Å². The first-order valence-corrected chi connectivity index (χ1v) is 7.07. The summed E-state index contributed by atoms with van der Waals surface area (Å²) in [6.45, 7) is 3.59. The maximum atomic E-state index is 12.0. The van der Waals surface area contributed by atoms with Gasteiger partial charge in [0.05, 0.1) is 16.2 Å². The van der Waals surface area contributed by atoms with Crippen LogP contribution in [0.3, 0.4) is 0 Å². The number of aromatic amines is 1. The Labute approximate surface area is 124 Å². The predicted molar refractivity (Wildman–Crippen MR) is 80.4 cm³/mol. The van der Waals surface area contributed by atoms with E-state index < -0.39 is 5.91 Å². The van der Waals surface area contributed by atoms with Gasteiger partial charge in [-0.15, -0.1) is 21.6 Å². The first kappa shape index (κ1) is 13.4. The van der Waals surface area contributed by atoms with Crippen LogP contribution in [0, 0.1) is 13.8 Å². The molecule has 0 saturated carbocycles. The second-order valence-electron chi connectivity index (χ2n) is 4.52. The highest BCUT2D eigenvalue weighted by Gasteiger charge is 2.14. The van der Waals surface area contributed by atoms with Crippen molar-refractivity contribution >= 4 is 33.8 Å². The van der Waals surface area contributed by atoms with Crippen LogP contribution in [0.2, 0.25) is 0 Å². The molecule has 1 aromatic carbocycles. The average Bonchev–Trinajstić information content (AvgIpc) is 2.95. The summed E-state index contributed by atoms with van der Waals surface area (Å²) in [6.07, 6.45) is 0. The smallest absolute Gasteiger partial charge is 0.307 e. The number of nitrogens with one attached hydrogen (secondary N) is 1. The molecule has 0 spiro atoms. The zero-order chi connectivity index (χ0) is 15.0. The lowest BCUT2D eigenvalue weighted by molar-refractivity contribution is 0.0998. The molecule has 0 saturated heterocycles. The highest BCUT2D eigenvalue weighted by Crippen LogP contribution is 2.35. The number of azo groups is 1. The fraction of sp³-hybridized carbons (Fsp3) is 0.143. The molecule has 106 valence electrons. The molecule has 2 aromatic heterocycles. The first-order valence-electron chi connectivity index (χ1n) is 6.26. The second-order valence-corrected chi connectivity index (χ2v) is 5.72. The quantitative estimate of drug-likeness (QED) is 0.704. The number of hydrogen-bond donors (Lipinski definition) is 2. The van der Waals surface area contributed by atoms with E-state index in [-0.39, 0.29) is 11.6 Å². The first-order chi connectivity index (χ1) is 10.1. The number of hydrogen-bond acceptors (Lipinski definition) is 5. The van der Waals surface area contributed by atoms with Crippen LogP contribution >= 0.6 is 11.3 Å². The Hall–Kier alpha value is -2.54. The fourth-order valence-electron chi connectivity index (χ4n) is 2.08. The number of nitrogens with zero attached hydrogens (tertiary/aromatic N) is 3. The monoisotopic (exact) mass is 300 g/mol. The van der Waals surface area contributed by atoms with Crippen molar-refractivity contribution in [3.63, 3.8) is 0 Å². The summed E-state index contributed by atoms with van der Waals surface area (Å²) in [7, 11) is 0. The highest BCUT2D eigenvalue weighted by atomic mass is 32.1. The molecule has 0 fully saturated rings. The van der Waals surface area contributed by atoms with Gasteiger partial charge < -0.3 is 10.1 Å². The molecule has 7 heteroatoms. The van der Waals surface area contributed by atoms with E-state index in [4.69, 9.17) is 0 Å². The van der Waals surface area contributed by atoms with Gasteiger partial charge in [-0.3, -0.25) is 4.79 Å². The van der Waals surface area contributed by atoms with Crippen LogP contribution in [0.15, 0.2) is 34.5 Å². The van der Waals surface area contributed by atoms with E-state index in [1.165, 1.54) is 11.3 Å². The third-order valence-electron chi connectivity index (χ3n) is 3.00. The molecule has 6 nitrogen and oxygen atoms in total. The molecule has 3 rings (SSSR count). The molecule has 0 atom stereocenters. The van der Waals surface area contributed by atoms with Crippen molar-refractivity contribution in [2.24, 2.45) is 10.2 Å². The molecule has 0 radical (unpaired) electrons. The molecule has 21 heavy (non-hydrogen) atoms. The Kier molecular flexibility index (Phi) is 3.26. The average molecular weight is 300 g/mol. The molecule has 2 N–H and O–H groups in total. The van der Waals surface area contributed by atoms with Gasteiger partial charge in [0, 0.05) is 5.39 Å². The van der Waals surface area contributed by atoms with Gasteiger partial charge >= 0.3 is 5.91 Å². The van der Waals surface area contributed by atoms with Crippen molar-refractivity contribution in [1.82, 2.24) is 9.97 Å². The molecule has 0 bridgehead atoms. The van der Waals surface area contributed by atoms with E-state index in [1.807, 2.05) is 25.1 Å². The number of carbonyl (C=O) groups excluding carboxylic acids is 1. The van der Waals surface area contributed by atoms with Gasteiger partial charge in [0.2, 0.25) is 5.88 Å². The lowest BCUT2D eigenvalue weighted by Crippen LogP contribution is -1.92. The molecular formula is C14H12N4O2S. The Morgan fingerprint density at radius 2 is 2.10 bits per heavy atom. The fourth-order valence-corrected chi connectivity index (χ4v) is 2.88. The van der Waals surface area contributed by atoms with Gasteiger partial charge in [-0.25, -0.2) is 4.98 Å². The summed E-state index contributed by atoms with van der Waals surface area (Å²) in [5.74, 6) is -0.562. The summed E-state index contributed by atoms with van der Waals surface area (Å²) >= 11 is 1.28. The molecule has 2 heterocycles. The van der Waals surface area contributed by atoms with Crippen molar-refractivity contribution < 1.29 is 9.90 Å².